The van der Waals surface area contributed by atoms with Crippen molar-refractivity contribution in [2.24, 2.45) is 0 Å². The molecule has 0 aliphatic carbocycles. The smallest absolute Gasteiger partial charge is 0.155 e. The van der Waals surface area contributed by atoms with Crippen molar-refractivity contribution in [2.75, 3.05) is 5.73 Å². The minimum Gasteiger partial charge on any atom is -0.507 e. The summed E-state index contributed by atoms with van der Waals surface area (Å²) >= 11 is 0. The van der Waals surface area contributed by atoms with Crippen molar-refractivity contribution in [1.82, 2.24) is 19.7 Å². The summed E-state index contributed by atoms with van der Waals surface area (Å²) in [7, 11) is 0. The van der Waals surface area contributed by atoms with Gasteiger partial charge >= 0.3 is 0 Å². The van der Waals surface area contributed by atoms with Gasteiger partial charge in [0.05, 0.1) is 23.8 Å². The zero-order valence-electron chi connectivity index (χ0n) is 14.8. The van der Waals surface area contributed by atoms with Gasteiger partial charge in [0.15, 0.2) is 5.82 Å². The lowest BCUT2D eigenvalue weighted by atomic mass is 10.1. The molecule has 3 N–H and O–H groups in total. The molecule has 4 rings (SSSR count). The minimum atomic E-state index is 0.140. The number of phenols is 1. The fourth-order valence-electron chi connectivity index (χ4n) is 3.02. The quantitative estimate of drug-likeness (QED) is 0.578. The van der Waals surface area contributed by atoms with Crippen LogP contribution in [-0.4, -0.2) is 24.9 Å². The number of nitrogens with zero attached hydrogens (tertiary/aromatic N) is 4. The van der Waals surface area contributed by atoms with Crippen molar-refractivity contribution in [2.45, 2.75) is 13.0 Å². The number of hydrogen-bond donors (Lipinski definition) is 2. The second-order valence-corrected chi connectivity index (χ2v) is 6.34. The third kappa shape index (κ3) is 3.25. The lowest BCUT2D eigenvalue weighted by molar-refractivity contribution is 0.477. The van der Waals surface area contributed by atoms with Gasteiger partial charge in [0.1, 0.15) is 5.75 Å². The molecule has 0 spiro atoms. The van der Waals surface area contributed by atoms with E-state index in [0.29, 0.717) is 28.3 Å². The molecule has 4 aromatic rings. The number of rotatable bonds is 4. The largest absolute Gasteiger partial charge is 0.507 e. The Morgan fingerprint density at radius 1 is 0.926 bits per heavy atom. The first-order chi connectivity index (χ1) is 13.1. The number of nitrogen functional groups attached to an aromatic ring is 1. The van der Waals surface area contributed by atoms with Crippen LogP contribution in [0.2, 0.25) is 0 Å². The van der Waals surface area contributed by atoms with Crippen LogP contribution in [0, 0.1) is 0 Å². The number of nitrogens with two attached hydrogens (primary N) is 1. The minimum absolute atomic E-state index is 0.140. The Hall–Kier alpha value is -3.67. The molecule has 0 bridgehead atoms. The molecule has 0 saturated heterocycles. The summed E-state index contributed by atoms with van der Waals surface area (Å²) in [5.41, 5.74) is 9.78. The van der Waals surface area contributed by atoms with Crippen LogP contribution in [0.1, 0.15) is 18.5 Å². The van der Waals surface area contributed by atoms with Gasteiger partial charge in [0.2, 0.25) is 0 Å². The summed E-state index contributed by atoms with van der Waals surface area (Å²) in [6, 6.07) is 19.2. The van der Waals surface area contributed by atoms with Crippen LogP contribution in [0.4, 0.5) is 5.82 Å². The summed E-state index contributed by atoms with van der Waals surface area (Å²) in [4.78, 5) is 4.50. The van der Waals surface area contributed by atoms with Gasteiger partial charge in [0.25, 0.3) is 0 Å². The zero-order chi connectivity index (χ0) is 18.8. The molecular formula is C21H19N5O. The molecule has 0 saturated carbocycles. The van der Waals surface area contributed by atoms with E-state index >= 15 is 0 Å². The van der Waals surface area contributed by atoms with Crippen molar-refractivity contribution in [3.63, 3.8) is 0 Å². The van der Waals surface area contributed by atoms with E-state index in [1.807, 2.05) is 35.0 Å². The highest BCUT2D eigenvalue weighted by Gasteiger charge is 2.15. The van der Waals surface area contributed by atoms with Crippen molar-refractivity contribution >= 4 is 5.82 Å². The van der Waals surface area contributed by atoms with E-state index in [2.05, 4.69) is 34.2 Å². The maximum atomic E-state index is 10.1. The Kier molecular flexibility index (Phi) is 4.30. The number of benzene rings is 2. The van der Waals surface area contributed by atoms with Gasteiger partial charge in [-0.1, -0.05) is 42.5 Å². The Bertz CT molecular complexity index is 1070. The van der Waals surface area contributed by atoms with Gasteiger partial charge < -0.3 is 15.4 Å². The molecular weight excluding hydrogens is 338 g/mol. The first-order valence-electron chi connectivity index (χ1n) is 8.64. The van der Waals surface area contributed by atoms with E-state index in [9.17, 15) is 5.11 Å². The summed E-state index contributed by atoms with van der Waals surface area (Å²) in [6.45, 7) is 2.11. The van der Waals surface area contributed by atoms with Gasteiger partial charge in [-0.05, 0) is 30.7 Å². The molecule has 2 aromatic carbocycles. The van der Waals surface area contributed by atoms with Crippen molar-refractivity contribution in [3.8, 4) is 28.3 Å². The van der Waals surface area contributed by atoms with Crippen LogP contribution >= 0.6 is 0 Å². The summed E-state index contributed by atoms with van der Waals surface area (Å²) in [6.07, 6.45) is 3.73. The number of phenolic OH excluding ortho intramolecular Hbond substituents is 1. The predicted octanol–water partition coefficient (Wildman–Crippen LogP) is 3.90. The van der Waals surface area contributed by atoms with E-state index in [-0.39, 0.29) is 11.8 Å². The third-order valence-electron chi connectivity index (χ3n) is 4.61. The van der Waals surface area contributed by atoms with Crippen LogP contribution in [-0.2, 0) is 0 Å². The Morgan fingerprint density at radius 3 is 2.44 bits per heavy atom. The van der Waals surface area contributed by atoms with E-state index in [0.717, 1.165) is 0 Å². The monoisotopic (exact) mass is 357 g/mol. The third-order valence-corrected chi connectivity index (χ3v) is 4.61. The molecule has 2 aromatic heterocycles. The molecule has 1 atom stereocenters. The van der Waals surface area contributed by atoms with Gasteiger partial charge in [0, 0.05) is 17.3 Å². The zero-order valence-corrected chi connectivity index (χ0v) is 14.8. The van der Waals surface area contributed by atoms with Gasteiger partial charge in [-0.3, -0.25) is 0 Å². The summed E-state index contributed by atoms with van der Waals surface area (Å²) < 4.78 is 2.03. The number of imidazole rings is 1. The molecule has 2 heterocycles. The van der Waals surface area contributed by atoms with Gasteiger partial charge in [-0.15, -0.1) is 10.2 Å². The molecule has 0 aliphatic heterocycles. The molecule has 134 valence electrons. The van der Waals surface area contributed by atoms with Crippen molar-refractivity contribution in [3.05, 3.63) is 78.8 Å². The number of aromatic nitrogens is 4. The SMILES string of the molecule is CC(c1ccccc1)n1cnc(-c2cc(-c3ccccc3O)nnc2N)c1. The van der Waals surface area contributed by atoms with E-state index in [1.54, 1.807) is 30.6 Å². The van der Waals surface area contributed by atoms with Crippen molar-refractivity contribution in [1.29, 1.82) is 0 Å². The van der Waals surface area contributed by atoms with Gasteiger partial charge in [-0.25, -0.2) is 4.98 Å². The first-order valence-corrected chi connectivity index (χ1v) is 8.64. The number of aromatic hydroxyl groups is 1. The van der Waals surface area contributed by atoms with Gasteiger partial charge in [-0.2, -0.15) is 0 Å². The average molecular weight is 357 g/mol. The summed E-state index contributed by atoms with van der Waals surface area (Å²) in [5.74, 6) is 0.442. The molecule has 0 aliphatic rings. The predicted molar refractivity (Wildman–Crippen MR) is 105 cm³/mol. The fraction of sp³-hybridized carbons (Fsp3) is 0.0952. The second kappa shape index (κ2) is 6.92. The van der Waals surface area contributed by atoms with Crippen LogP contribution in [0.15, 0.2) is 73.2 Å². The lowest BCUT2D eigenvalue weighted by Gasteiger charge is -2.13. The van der Waals surface area contributed by atoms with Crippen LogP contribution in [0.5, 0.6) is 5.75 Å². The Labute approximate surface area is 157 Å². The fourth-order valence-corrected chi connectivity index (χ4v) is 3.02. The molecule has 1 unspecified atom stereocenters. The highest BCUT2D eigenvalue weighted by Crippen LogP contribution is 2.32. The number of anilines is 1. The van der Waals surface area contributed by atoms with E-state index in [4.69, 9.17) is 5.73 Å². The lowest BCUT2D eigenvalue weighted by Crippen LogP contribution is -2.03. The highest BCUT2D eigenvalue weighted by molar-refractivity contribution is 5.76. The molecule has 0 radical (unpaired) electrons. The molecule has 0 fully saturated rings. The topological polar surface area (TPSA) is 89.8 Å². The van der Waals surface area contributed by atoms with E-state index < -0.39 is 0 Å². The molecule has 6 nitrogen and oxygen atoms in total. The normalized spacial score (nSPS) is 12.0. The van der Waals surface area contributed by atoms with E-state index in [1.165, 1.54) is 5.56 Å². The van der Waals surface area contributed by atoms with Crippen LogP contribution in [0.25, 0.3) is 22.5 Å². The average Bonchev–Trinajstić information content (AvgIpc) is 3.19. The number of para-hydroxylation sites is 1. The molecule has 27 heavy (non-hydrogen) atoms. The first kappa shape index (κ1) is 16.8. The standard InChI is InChI=1S/C21H19N5O/c1-14(15-7-3-2-4-8-15)26-12-19(23-13-26)17-11-18(24-25-21(17)22)16-9-5-6-10-20(16)27/h2-14,27H,1H3,(H2,22,25). The van der Waals surface area contributed by atoms with Crippen LogP contribution < -0.4 is 5.73 Å². The van der Waals surface area contributed by atoms with Crippen molar-refractivity contribution < 1.29 is 5.11 Å². The maximum absolute atomic E-state index is 10.1. The molecule has 0 amide bonds. The summed E-state index contributed by atoms with van der Waals surface area (Å²) in [5, 5.41) is 18.2. The second-order valence-electron chi connectivity index (χ2n) is 6.34. The highest BCUT2D eigenvalue weighted by atomic mass is 16.3. The van der Waals surface area contributed by atoms with Crippen LogP contribution in [0.3, 0.4) is 0 Å². The number of hydrogen-bond acceptors (Lipinski definition) is 5. The Morgan fingerprint density at radius 2 is 1.67 bits per heavy atom. The molecule has 6 heteroatoms. The maximum Gasteiger partial charge on any atom is 0.155 e. The Balaban J connectivity index is 1.71.